The number of rotatable bonds is 4. The van der Waals surface area contributed by atoms with Gasteiger partial charge in [0.25, 0.3) is 0 Å². The molecule has 0 aliphatic carbocycles. The molecule has 0 radical (unpaired) electrons. The fourth-order valence-electron chi connectivity index (χ4n) is 1.79. The molecule has 0 aromatic heterocycles. The molecule has 0 unspecified atom stereocenters. The summed E-state index contributed by atoms with van der Waals surface area (Å²) in [6, 6.07) is 14.5. The molecule has 17 heavy (non-hydrogen) atoms. The van der Waals surface area contributed by atoms with E-state index in [1.807, 2.05) is 18.2 Å². The van der Waals surface area contributed by atoms with Crippen LogP contribution >= 0.6 is 0 Å². The van der Waals surface area contributed by atoms with Crippen LogP contribution in [0.4, 0.5) is 0 Å². The molecule has 0 saturated carbocycles. The lowest BCUT2D eigenvalue weighted by atomic mass is 10.1. The fourth-order valence-corrected chi connectivity index (χ4v) is 1.79. The Bertz CT molecular complexity index is 521. The van der Waals surface area contributed by atoms with Crippen LogP contribution in [0.3, 0.4) is 0 Å². The monoisotopic (exact) mass is 226 g/mol. The van der Waals surface area contributed by atoms with Crippen molar-refractivity contribution < 1.29 is 4.74 Å². The number of fused-ring (bicyclic) bond motifs is 1. The summed E-state index contributed by atoms with van der Waals surface area (Å²) in [5.74, 6) is 0.979. The Hall–Kier alpha value is -1.76. The van der Waals surface area contributed by atoms with Crippen molar-refractivity contribution in [2.24, 2.45) is 0 Å². The fraction of sp³-hybridized carbons (Fsp3) is 0.250. The van der Waals surface area contributed by atoms with E-state index in [0.29, 0.717) is 0 Å². The first-order valence-electron chi connectivity index (χ1n) is 6.03. The molecule has 0 N–H and O–H groups in total. The average Bonchev–Trinajstić information content (AvgIpc) is 2.39. The van der Waals surface area contributed by atoms with Gasteiger partial charge >= 0.3 is 0 Å². The molecule has 0 spiro atoms. The summed E-state index contributed by atoms with van der Waals surface area (Å²) in [5, 5.41) is 2.42. The summed E-state index contributed by atoms with van der Waals surface area (Å²) in [5.41, 5.74) is 1.37. The van der Waals surface area contributed by atoms with Gasteiger partial charge in [0.15, 0.2) is 0 Å². The average molecular weight is 226 g/mol. The molecule has 2 rings (SSSR count). The van der Waals surface area contributed by atoms with E-state index in [9.17, 15) is 0 Å². The van der Waals surface area contributed by atoms with Gasteiger partial charge in [-0.25, -0.2) is 0 Å². The Morgan fingerprint density at radius 2 is 1.88 bits per heavy atom. The third-order valence-corrected chi connectivity index (χ3v) is 3.00. The van der Waals surface area contributed by atoms with Gasteiger partial charge < -0.3 is 4.74 Å². The quantitative estimate of drug-likeness (QED) is 0.694. The van der Waals surface area contributed by atoms with E-state index in [0.717, 1.165) is 18.8 Å². The molecule has 2 aromatic rings. The van der Waals surface area contributed by atoms with Gasteiger partial charge in [-0.05, 0) is 25.3 Å². The SMILES string of the molecule is CC=C(C)CCOc1cccc2ccccc12. The van der Waals surface area contributed by atoms with Crippen LogP contribution in [0.2, 0.25) is 0 Å². The maximum absolute atomic E-state index is 5.85. The second-order valence-electron chi connectivity index (χ2n) is 4.21. The molecule has 0 aliphatic heterocycles. The number of ether oxygens (including phenoxy) is 1. The summed E-state index contributed by atoms with van der Waals surface area (Å²) in [7, 11) is 0. The number of hydrogen-bond acceptors (Lipinski definition) is 1. The van der Waals surface area contributed by atoms with E-state index >= 15 is 0 Å². The van der Waals surface area contributed by atoms with Crippen molar-refractivity contribution in [3.63, 3.8) is 0 Å². The highest BCUT2D eigenvalue weighted by Gasteiger charge is 2.00. The van der Waals surface area contributed by atoms with Gasteiger partial charge in [0, 0.05) is 11.8 Å². The third-order valence-electron chi connectivity index (χ3n) is 3.00. The summed E-state index contributed by atoms with van der Waals surface area (Å²) >= 11 is 0. The highest BCUT2D eigenvalue weighted by Crippen LogP contribution is 2.25. The summed E-state index contributed by atoms with van der Waals surface area (Å²) in [6.45, 7) is 4.93. The van der Waals surface area contributed by atoms with Crippen LogP contribution in [0.1, 0.15) is 20.3 Å². The van der Waals surface area contributed by atoms with Crippen molar-refractivity contribution in [3.8, 4) is 5.75 Å². The summed E-state index contributed by atoms with van der Waals surface area (Å²) in [6.07, 6.45) is 3.12. The smallest absolute Gasteiger partial charge is 0.127 e. The van der Waals surface area contributed by atoms with Crippen LogP contribution in [-0.2, 0) is 0 Å². The Morgan fingerprint density at radius 1 is 1.12 bits per heavy atom. The topological polar surface area (TPSA) is 9.23 Å². The second kappa shape index (κ2) is 5.53. The number of hydrogen-bond donors (Lipinski definition) is 0. The van der Waals surface area contributed by atoms with Crippen LogP contribution in [-0.4, -0.2) is 6.61 Å². The molecule has 0 saturated heterocycles. The maximum Gasteiger partial charge on any atom is 0.127 e. The molecular formula is C16H18O. The van der Waals surface area contributed by atoms with Crippen molar-refractivity contribution in [3.05, 3.63) is 54.1 Å². The van der Waals surface area contributed by atoms with Gasteiger partial charge in [0.2, 0.25) is 0 Å². The molecule has 0 amide bonds. The van der Waals surface area contributed by atoms with E-state index < -0.39 is 0 Å². The first-order chi connectivity index (χ1) is 8.31. The molecule has 0 heterocycles. The zero-order valence-electron chi connectivity index (χ0n) is 10.4. The minimum absolute atomic E-state index is 0.740. The highest BCUT2D eigenvalue weighted by atomic mass is 16.5. The lowest BCUT2D eigenvalue weighted by Gasteiger charge is -2.09. The molecule has 1 heteroatoms. The predicted molar refractivity (Wildman–Crippen MR) is 73.5 cm³/mol. The van der Waals surface area contributed by atoms with Crippen LogP contribution < -0.4 is 4.74 Å². The van der Waals surface area contributed by atoms with E-state index in [1.165, 1.54) is 16.3 Å². The second-order valence-corrected chi connectivity index (χ2v) is 4.21. The van der Waals surface area contributed by atoms with Crippen molar-refractivity contribution in [1.82, 2.24) is 0 Å². The normalized spacial score (nSPS) is 11.8. The molecule has 0 bridgehead atoms. The minimum atomic E-state index is 0.740. The zero-order valence-corrected chi connectivity index (χ0v) is 10.4. The zero-order chi connectivity index (χ0) is 12.1. The largest absolute Gasteiger partial charge is 0.493 e. The van der Waals surface area contributed by atoms with Crippen molar-refractivity contribution in [2.75, 3.05) is 6.61 Å². The first kappa shape index (κ1) is 11.7. The van der Waals surface area contributed by atoms with Gasteiger partial charge in [-0.15, -0.1) is 0 Å². The Morgan fingerprint density at radius 3 is 2.71 bits per heavy atom. The van der Waals surface area contributed by atoms with Crippen molar-refractivity contribution in [1.29, 1.82) is 0 Å². The molecule has 0 fully saturated rings. The number of benzene rings is 2. The lowest BCUT2D eigenvalue weighted by molar-refractivity contribution is 0.325. The van der Waals surface area contributed by atoms with Gasteiger partial charge in [0.1, 0.15) is 5.75 Å². The van der Waals surface area contributed by atoms with Gasteiger partial charge in [-0.2, -0.15) is 0 Å². The lowest BCUT2D eigenvalue weighted by Crippen LogP contribution is -1.98. The van der Waals surface area contributed by atoms with Crippen LogP contribution in [0.15, 0.2) is 54.1 Å². The van der Waals surface area contributed by atoms with Crippen LogP contribution in [0.5, 0.6) is 5.75 Å². The highest BCUT2D eigenvalue weighted by molar-refractivity contribution is 5.88. The first-order valence-corrected chi connectivity index (χ1v) is 6.03. The standard InChI is InChI=1S/C16H18O/c1-3-13(2)11-12-17-16-10-6-8-14-7-4-5-9-15(14)16/h3-10H,11-12H2,1-2H3. The summed E-state index contributed by atoms with van der Waals surface area (Å²) < 4.78 is 5.85. The molecule has 0 aliphatic rings. The van der Waals surface area contributed by atoms with Crippen molar-refractivity contribution >= 4 is 10.8 Å². The molecule has 0 atom stereocenters. The Balaban J connectivity index is 2.13. The minimum Gasteiger partial charge on any atom is -0.493 e. The molecular weight excluding hydrogens is 208 g/mol. The third kappa shape index (κ3) is 2.88. The van der Waals surface area contributed by atoms with Gasteiger partial charge in [-0.1, -0.05) is 48.0 Å². The van der Waals surface area contributed by atoms with E-state index in [4.69, 9.17) is 4.74 Å². The molecule has 1 nitrogen and oxygen atoms in total. The molecule has 88 valence electrons. The van der Waals surface area contributed by atoms with E-state index in [-0.39, 0.29) is 0 Å². The van der Waals surface area contributed by atoms with E-state index in [1.54, 1.807) is 0 Å². The van der Waals surface area contributed by atoms with Crippen molar-refractivity contribution in [2.45, 2.75) is 20.3 Å². The predicted octanol–water partition coefficient (Wildman–Crippen LogP) is 4.57. The van der Waals surface area contributed by atoms with Crippen LogP contribution in [0.25, 0.3) is 10.8 Å². The Labute approximate surface area is 103 Å². The Kier molecular flexibility index (Phi) is 3.81. The summed E-state index contributed by atoms with van der Waals surface area (Å²) in [4.78, 5) is 0. The van der Waals surface area contributed by atoms with Gasteiger partial charge in [-0.3, -0.25) is 0 Å². The molecule has 2 aromatic carbocycles. The van der Waals surface area contributed by atoms with Crippen LogP contribution in [0, 0.1) is 0 Å². The van der Waals surface area contributed by atoms with Gasteiger partial charge in [0.05, 0.1) is 6.61 Å². The number of allylic oxidation sites excluding steroid dienone is 1. The maximum atomic E-state index is 5.85. The van der Waals surface area contributed by atoms with E-state index in [2.05, 4.69) is 44.2 Å².